The maximum Gasteiger partial charge on any atom is 0.257 e. The highest BCUT2D eigenvalue weighted by Crippen LogP contribution is 2.20. The molecule has 1 aromatic rings. The van der Waals surface area contributed by atoms with Gasteiger partial charge in [0.25, 0.3) is 5.91 Å². The van der Waals surface area contributed by atoms with Crippen molar-refractivity contribution in [2.75, 3.05) is 13.1 Å². The first kappa shape index (κ1) is 15.0. The molecule has 0 radical (unpaired) electrons. The molecule has 1 aliphatic heterocycles. The Morgan fingerprint density at radius 3 is 2.50 bits per heavy atom. The Hall–Kier alpha value is -1.36. The van der Waals surface area contributed by atoms with E-state index in [4.69, 9.17) is 0 Å². The van der Waals surface area contributed by atoms with Crippen LogP contribution in [0.5, 0.6) is 0 Å². The van der Waals surface area contributed by atoms with E-state index < -0.39 is 0 Å². The van der Waals surface area contributed by atoms with Crippen molar-refractivity contribution in [2.45, 2.75) is 59.2 Å². The predicted octanol–water partition coefficient (Wildman–Crippen LogP) is 1.85. The second-order valence-corrected chi connectivity index (χ2v) is 6.12. The lowest BCUT2D eigenvalue weighted by atomic mass is 10.0. The third-order valence-electron chi connectivity index (χ3n) is 3.74. The molecule has 5 nitrogen and oxygen atoms in total. The van der Waals surface area contributed by atoms with Gasteiger partial charge in [0.2, 0.25) is 0 Å². The molecule has 1 saturated heterocycles. The molecule has 2 heterocycles. The van der Waals surface area contributed by atoms with Gasteiger partial charge in [-0.2, -0.15) is 5.10 Å². The summed E-state index contributed by atoms with van der Waals surface area (Å²) in [5, 5.41) is 7.99. The lowest BCUT2D eigenvalue weighted by Gasteiger charge is -2.36. The summed E-state index contributed by atoms with van der Waals surface area (Å²) in [5.74, 6) is 0.383. The number of amides is 1. The highest BCUT2D eigenvalue weighted by atomic mass is 16.2. The summed E-state index contributed by atoms with van der Waals surface area (Å²) >= 11 is 0. The van der Waals surface area contributed by atoms with Crippen molar-refractivity contribution in [2.24, 2.45) is 0 Å². The maximum absolute atomic E-state index is 12.8. The number of aromatic nitrogens is 2. The highest BCUT2D eigenvalue weighted by molar-refractivity contribution is 5.95. The molecule has 0 spiro atoms. The van der Waals surface area contributed by atoms with Gasteiger partial charge in [0.1, 0.15) is 0 Å². The van der Waals surface area contributed by atoms with Crippen molar-refractivity contribution in [3.05, 3.63) is 17.5 Å². The smallest absolute Gasteiger partial charge is 0.257 e. The van der Waals surface area contributed by atoms with Crippen molar-refractivity contribution in [3.8, 4) is 0 Å². The van der Waals surface area contributed by atoms with Crippen molar-refractivity contribution in [1.82, 2.24) is 20.0 Å². The van der Waals surface area contributed by atoms with Gasteiger partial charge in [0.15, 0.2) is 0 Å². The van der Waals surface area contributed by atoms with Crippen molar-refractivity contribution in [1.29, 1.82) is 0 Å². The zero-order valence-electron chi connectivity index (χ0n) is 13.2. The van der Waals surface area contributed by atoms with Gasteiger partial charge < -0.3 is 10.2 Å². The van der Waals surface area contributed by atoms with E-state index in [2.05, 4.69) is 38.1 Å². The summed E-state index contributed by atoms with van der Waals surface area (Å²) in [7, 11) is 0. The minimum absolute atomic E-state index is 0.119. The summed E-state index contributed by atoms with van der Waals surface area (Å²) in [4.78, 5) is 14.7. The minimum Gasteiger partial charge on any atom is -0.335 e. The van der Waals surface area contributed by atoms with E-state index in [1.165, 1.54) is 0 Å². The van der Waals surface area contributed by atoms with E-state index in [1.807, 2.05) is 22.7 Å². The lowest BCUT2D eigenvalue weighted by molar-refractivity contribution is 0.0672. The van der Waals surface area contributed by atoms with Crippen LogP contribution in [0.4, 0.5) is 0 Å². The van der Waals surface area contributed by atoms with Gasteiger partial charge in [0, 0.05) is 37.9 Å². The molecular weight excluding hydrogens is 252 g/mol. The number of nitrogens with zero attached hydrogens (tertiary/aromatic N) is 3. The SMILES string of the molecule is CCn1cc(C(=O)N2C[C@@H](C)N[C@@H](C)C2)c(C(C)C)n1. The Morgan fingerprint density at radius 2 is 2.00 bits per heavy atom. The fraction of sp³-hybridized carbons (Fsp3) is 0.733. The van der Waals surface area contributed by atoms with Crippen molar-refractivity contribution < 1.29 is 4.79 Å². The normalized spacial score (nSPS) is 23.4. The number of carbonyl (C=O) groups excluding carboxylic acids is 1. The average Bonchev–Trinajstić information content (AvgIpc) is 2.81. The first-order valence-electron chi connectivity index (χ1n) is 7.55. The number of hydrogen-bond acceptors (Lipinski definition) is 3. The van der Waals surface area contributed by atoms with E-state index in [-0.39, 0.29) is 11.8 Å². The molecule has 20 heavy (non-hydrogen) atoms. The van der Waals surface area contributed by atoms with Crippen LogP contribution in [0, 0.1) is 0 Å². The molecule has 1 aliphatic rings. The fourth-order valence-corrected chi connectivity index (χ4v) is 2.85. The number of carbonyl (C=O) groups is 1. The third-order valence-corrected chi connectivity index (χ3v) is 3.74. The van der Waals surface area contributed by atoms with Crippen LogP contribution in [0.25, 0.3) is 0 Å². The van der Waals surface area contributed by atoms with Crippen molar-refractivity contribution >= 4 is 5.91 Å². The van der Waals surface area contributed by atoms with Gasteiger partial charge in [-0.3, -0.25) is 9.48 Å². The largest absolute Gasteiger partial charge is 0.335 e. The molecular formula is C15H26N4O. The zero-order chi connectivity index (χ0) is 14.9. The molecule has 0 saturated carbocycles. The molecule has 2 atom stereocenters. The molecule has 0 unspecified atom stereocenters. The number of aryl methyl sites for hydroxylation is 1. The number of nitrogens with one attached hydrogen (secondary N) is 1. The Balaban J connectivity index is 2.26. The van der Waals surface area contributed by atoms with Gasteiger partial charge >= 0.3 is 0 Å². The molecule has 1 amide bonds. The second-order valence-electron chi connectivity index (χ2n) is 6.12. The van der Waals surface area contributed by atoms with Gasteiger partial charge in [-0.1, -0.05) is 13.8 Å². The summed E-state index contributed by atoms with van der Waals surface area (Å²) in [6, 6.07) is 0.679. The molecule has 0 bridgehead atoms. The molecule has 1 N–H and O–H groups in total. The Bertz CT molecular complexity index is 470. The summed E-state index contributed by atoms with van der Waals surface area (Å²) < 4.78 is 1.86. The topological polar surface area (TPSA) is 50.2 Å². The van der Waals surface area contributed by atoms with Crippen LogP contribution in [0.1, 0.15) is 56.6 Å². The Labute approximate surface area is 121 Å². The number of hydrogen-bond donors (Lipinski definition) is 1. The first-order chi connectivity index (χ1) is 9.42. The van der Waals surface area contributed by atoms with Crippen LogP contribution >= 0.6 is 0 Å². The van der Waals surface area contributed by atoms with Crippen LogP contribution in [0.15, 0.2) is 6.20 Å². The fourth-order valence-electron chi connectivity index (χ4n) is 2.85. The van der Waals surface area contributed by atoms with Crippen LogP contribution < -0.4 is 5.32 Å². The Kier molecular flexibility index (Phi) is 4.48. The molecule has 2 rings (SSSR count). The maximum atomic E-state index is 12.8. The number of rotatable bonds is 3. The van der Waals surface area contributed by atoms with Crippen LogP contribution in [0.2, 0.25) is 0 Å². The third kappa shape index (κ3) is 3.03. The number of piperazine rings is 1. The quantitative estimate of drug-likeness (QED) is 0.918. The van der Waals surface area contributed by atoms with Gasteiger partial charge in [-0.05, 0) is 26.7 Å². The van der Waals surface area contributed by atoms with Crippen LogP contribution in [-0.4, -0.2) is 45.8 Å². The van der Waals surface area contributed by atoms with E-state index in [0.29, 0.717) is 12.1 Å². The van der Waals surface area contributed by atoms with E-state index in [1.54, 1.807) is 0 Å². The molecule has 0 aliphatic carbocycles. The lowest BCUT2D eigenvalue weighted by Crippen LogP contribution is -2.55. The first-order valence-corrected chi connectivity index (χ1v) is 7.55. The van der Waals surface area contributed by atoms with Crippen LogP contribution in [-0.2, 0) is 6.54 Å². The average molecular weight is 278 g/mol. The summed E-state index contributed by atoms with van der Waals surface area (Å²) in [6.45, 7) is 12.8. The molecule has 1 aromatic heterocycles. The van der Waals surface area contributed by atoms with Crippen molar-refractivity contribution in [3.63, 3.8) is 0 Å². The van der Waals surface area contributed by atoms with E-state index in [9.17, 15) is 4.79 Å². The van der Waals surface area contributed by atoms with E-state index in [0.717, 1.165) is 30.9 Å². The second kappa shape index (κ2) is 5.95. The van der Waals surface area contributed by atoms with E-state index >= 15 is 0 Å². The monoisotopic (exact) mass is 278 g/mol. The summed E-state index contributed by atoms with van der Waals surface area (Å²) in [5.41, 5.74) is 1.68. The van der Waals surface area contributed by atoms with Crippen LogP contribution in [0.3, 0.4) is 0 Å². The zero-order valence-corrected chi connectivity index (χ0v) is 13.2. The Morgan fingerprint density at radius 1 is 1.40 bits per heavy atom. The summed E-state index contributed by atoms with van der Waals surface area (Å²) in [6.07, 6.45) is 1.90. The van der Waals surface area contributed by atoms with Gasteiger partial charge in [0.05, 0.1) is 11.3 Å². The minimum atomic E-state index is 0.119. The molecule has 5 heteroatoms. The molecule has 112 valence electrons. The van der Waals surface area contributed by atoms with Gasteiger partial charge in [-0.25, -0.2) is 0 Å². The predicted molar refractivity (Wildman–Crippen MR) is 80.0 cm³/mol. The molecule has 0 aromatic carbocycles. The van der Waals surface area contributed by atoms with Gasteiger partial charge in [-0.15, -0.1) is 0 Å². The highest BCUT2D eigenvalue weighted by Gasteiger charge is 2.28. The standard InChI is InChI=1S/C15H26N4O/c1-6-19-9-13(14(17-19)10(2)3)15(20)18-7-11(4)16-12(5)8-18/h9-12,16H,6-8H2,1-5H3/t11-,12+. The molecule has 1 fully saturated rings.